The van der Waals surface area contributed by atoms with Crippen LogP contribution in [0.2, 0.25) is 0 Å². The van der Waals surface area contributed by atoms with Gasteiger partial charge in [0.25, 0.3) is 0 Å². The van der Waals surface area contributed by atoms with E-state index in [4.69, 9.17) is 4.74 Å². The van der Waals surface area contributed by atoms with E-state index in [1.807, 2.05) is 56.3 Å². The zero-order valence-corrected chi connectivity index (χ0v) is 18.1. The van der Waals surface area contributed by atoms with Crippen molar-refractivity contribution < 1.29 is 14.3 Å². The van der Waals surface area contributed by atoms with Crippen LogP contribution in [0.5, 0.6) is 5.75 Å². The van der Waals surface area contributed by atoms with Crippen molar-refractivity contribution in [2.24, 2.45) is 0 Å². The molecule has 0 bridgehead atoms. The van der Waals surface area contributed by atoms with Crippen LogP contribution in [-0.2, 0) is 22.4 Å². The number of anilines is 2. The van der Waals surface area contributed by atoms with Crippen molar-refractivity contribution in [3.8, 4) is 5.75 Å². The molecule has 0 aliphatic rings. The molecule has 0 radical (unpaired) electrons. The Balaban J connectivity index is 2.06. The average Bonchev–Trinajstić information content (AvgIpc) is 2.68. The van der Waals surface area contributed by atoms with Gasteiger partial charge in [-0.05, 0) is 62.1 Å². The number of aryl methyl sites for hydroxylation is 2. The highest BCUT2D eigenvalue weighted by Gasteiger charge is 2.15. The van der Waals surface area contributed by atoms with Crippen molar-refractivity contribution in [1.82, 2.24) is 0 Å². The van der Waals surface area contributed by atoms with Crippen LogP contribution in [0.1, 0.15) is 52.2 Å². The topological polar surface area (TPSA) is 58.6 Å². The Labute approximate surface area is 174 Å². The lowest BCUT2D eigenvalue weighted by atomic mass is 10.0. The third kappa shape index (κ3) is 6.34. The number of carbonyl (C=O) groups excluding carboxylic acids is 2. The van der Waals surface area contributed by atoms with Gasteiger partial charge in [0.1, 0.15) is 5.75 Å². The molecule has 0 fully saturated rings. The number of amides is 2. The molecular formula is C24H32N2O3. The van der Waals surface area contributed by atoms with E-state index in [1.165, 1.54) is 6.92 Å². The Hall–Kier alpha value is -2.82. The minimum atomic E-state index is -0.0986. The van der Waals surface area contributed by atoms with E-state index in [9.17, 15) is 9.59 Å². The van der Waals surface area contributed by atoms with E-state index in [2.05, 4.69) is 19.2 Å². The fourth-order valence-corrected chi connectivity index (χ4v) is 3.26. The van der Waals surface area contributed by atoms with Gasteiger partial charge in [-0.1, -0.05) is 32.0 Å². The lowest BCUT2D eigenvalue weighted by molar-refractivity contribution is -0.117. The molecule has 0 saturated heterocycles. The number of carbonyl (C=O) groups is 2. The maximum absolute atomic E-state index is 12.6. The molecular weight excluding hydrogens is 364 g/mol. The summed E-state index contributed by atoms with van der Waals surface area (Å²) >= 11 is 0. The third-order valence-corrected chi connectivity index (χ3v) is 4.73. The third-order valence-electron chi connectivity index (χ3n) is 4.73. The minimum Gasteiger partial charge on any atom is -0.491 e. The molecule has 156 valence electrons. The van der Waals surface area contributed by atoms with Crippen molar-refractivity contribution >= 4 is 23.2 Å². The van der Waals surface area contributed by atoms with Crippen LogP contribution in [0.4, 0.5) is 11.4 Å². The molecule has 2 aromatic rings. The summed E-state index contributed by atoms with van der Waals surface area (Å²) < 4.78 is 5.65. The number of para-hydroxylation sites is 1. The average molecular weight is 397 g/mol. The van der Waals surface area contributed by atoms with E-state index < -0.39 is 0 Å². The number of hydrogen-bond donors (Lipinski definition) is 1. The number of benzene rings is 2. The van der Waals surface area contributed by atoms with E-state index in [0.717, 1.165) is 41.1 Å². The van der Waals surface area contributed by atoms with Crippen LogP contribution >= 0.6 is 0 Å². The summed E-state index contributed by atoms with van der Waals surface area (Å²) in [5.74, 6) is 0.568. The van der Waals surface area contributed by atoms with E-state index in [0.29, 0.717) is 6.54 Å². The monoisotopic (exact) mass is 396 g/mol. The zero-order chi connectivity index (χ0) is 21.4. The fourth-order valence-electron chi connectivity index (χ4n) is 3.26. The molecule has 1 N–H and O–H groups in total. The highest BCUT2D eigenvalue weighted by Crippen LogP contribution is 2.24. The largest absolute Gasteiger partial charge is 0.491 e. The molecule has 5 nitrogen and oxygen atoms in total. The molecule has 0 heterocycles. The van der Waals surface area contributed by atoms with Crippen molar-refractivity contribution in [3.63, 3.8) is 0 Å². The quantitative estimate of drug-likeness (QED) is 0.650. The standard InChI is InChI=1S/C24H32N2O3/c1-6-19-9-8-10-20(7-2)24(19)25-23(28)15-16-26(18(5)27)21-11-13-22(14-12-21)29-17(3)4/h8-14,17H,6-7,15-16H2,1-5H3,(H,25,28). The molecule has 0 unspecified atom stereocenters. The Kier molecular flexibility index (Phi) is 8.25. The summed E-state index contributed by atoms with van der Waals surface area (Å²) in [6.07, 6.45) is 2.03. The predicted octanol–water partition coefficient (Wildman–Crippen LogP) is 4.98. The van der Waals surface area contributed by atoms with Gasteiger partial charge in [0.15, 0.2) is 0 Å². The minimum absolute atomic E-state index is 0.0902. The van der Waals surface area contributed by atoms with Crippen LogP contribution in [0, 0.1) is 0 Å². The summed E-state index contributed by atoms with van der Waals surface area (Å²) in [6.45, 7) is 9.92. The predicted molar refractivity (Wildman–Crippen MR) is 119 cm³/mol. The van der Waals surface area contributed by atoms with Gasteiger partial charge in [0.2, 0.25) is 11.8 Å². The van der Waals surface area contributed by atoms with Crippen LogP contribution in [-0.4, -0.2) is 24.5 Å². The zero-order valence-electron chi connectivity index (χ0n) is 18.1. The molecule has 2 rings (SSSR count). The molecule has 0 aliphatic heterocycles. The number of nitrogens with zero attached hydrogens (tertiary/aromatic N) is 1. The van der Waals surface area contributed by atoms with Crippen molar-refractivity contribution in [2.45, 2.75) is 60.0 Å². The second-order valence-corrected chi connectivity index (χ2v) is 7.29. The van der Waals surface area contributed by atoms with Gasteiger partial charge >= 0.3 is 0 Å². The number of nitrogens with one attached hydrogen (secondary N) is 1. The lowest BCUT2D eigenvalue weighted by Crippen LogP contribution is -2.32. The molecule has 5 heteroatoms. The SMILES string of the molecule is CCc1cccc(CC)c1NC(=O)CCN(C(C)=O)c1ccc(OC(C)C)cc1. The Morgan fingerprint density at radius 3 is 2.07 bits per heavy atom. The molecule has 0 aliphatic carbocycles. The van der Waals surface area contributed by atoms with Gasteiger partial charge in [0.05, 0.1) is 6.10 Å². The second kappa shape index (κ2) is 10.6. The maximum atomic E-state index is 12.6. The number of ether oxygens (including phenoxy) is 1. The summed E-state index contributed by atoms with van der Waals surface area (Å²) in [6, 6.07) is 13.5. The summed E-state index contributed by atoms with van der Waals surface area (Å²) in [4.78, 5) is 26.4. The Bertz CT molecular complexity index is 806. The number of rotatable bonds is 9. The fraction of sp³-hybridized carbons (Fsp3) is 0.417. The van der Waals surface area contributed by atoms with Gasteiger partial charge in [-0.15, -0.1) is 0 Å². The molecule has 0 atom stereocenters. The first kappa shape index (κ1) is 22.5. The molecule has 0 saturated carbocycles. The van der Waals surface area contributed by atoms with Crippen LogP contribution in [0.15, 0.2) is 42.5 Å². The molecule has 29 heavy (non-hydrogen) atoms. The highest BCUT2D eigenvalue weighted by atomic mass is 16.5. The second-order valence-electron chi connectivity index (χ2n) is 7.29. The van der Waals surface area contributed by atoms with Gasteiger partial charge in [-0.3, -0.25) is 9.59 Å². The van der Waals surface area contributed by atoms with E-state index in [-0.39, 0.29) is 24.3 Å². The first-order valence-corrected chi connectivity index (χ1v) is 10.3. The van der Waals surface area contributed by atoms with Crippen molar-refractivity contribution in [2.75, 3.05) is 16.8 Å². The first-order chi connectivity index (χ1) is 13.8. The highest BCUT2D eigenvalue weighted by molar-refractivity contribution is 5.95. The van der Waals surface area contributed by atoms with Gasteiger partial charge < -0.3 is 15.0 Å². The molecule has 0 spiro atoms. The smallest absolute Gasteiger partial charge is 0.226 e. The normalized spacial score (nSPS) is 10.7. The van der Waals surface area contributed by atoms with E-state index >= 15 is 0 Å². The van der Waals surface area contributed by atoms with E-state index in [1.54, 1.807) is 4.90 Å². The van der Waals surface area contributed by atoms with Crippen LogP contribution < -0.4 is 15.0 Å². The maximum Gasteiger partial charge on any atom is 0.226 e. The van der Waals surface area contributed by atoms with Gasteiger partial charge in [0, 0.05) is 31.3 Å². The Morgan fingerprint density at radius 1 is 1.00 bits per heavy atom. The summed E-state index contributed by atoms with van der Waals surface area (Å²) in [5, 5.41) is 3.06. The molecule has 2 amide bonds. The lowest BCUT2D eigenvalue weighted by Gasteiger charge is -2.22. The summed E-state index contributed by atoms with van der Waals surface area (Å²) in [5.41, 5.74) is 3.92. The van der Waals surface area contributed by atoms with Crippen LogP contribution in [0.25, 0.3) is 0 Å². The van der Waals surface area contributed by atoms with Gasteiger partial charge in [-0.2, -0.15) is 0 Å². The van der Waals surface area contributed by atoms with Crippen molar-refractivity contribution in [3.05, 3.63) is 53.6 Å². The van der Waals surface area contributed by atoms with Crippen molar-refractivity contribution in [1.29, 1.82) is 0 Å². The van der Waals surface area contributed by atoms with Crippen LogP contribution in [0.3, 0.4) is 0 Å². The van der Waals surface area contributed by atoms with Gasteiger partial charge in [-0.25, -0.2) is 0 Å². The number of hydrogen-bond acceptors (Lipinski definition) is 3. The summed E-state index contributed by atoms with van der Waals surface area (Å²) in [7, 11) is 0. The Morgan fingerprint density at radius 2 is 1.59 bits per heavy atom. The molecule has 0 aromatic heterocycles. The molecule has 2 aromatic carbocycles. The first-order valence-electron chi connectivity index (χ1n) is 10.3.